The maximum absolute atomic E-state index is 12.7. The summed E-state index contributed by atoms with van der Waals surface area (Å²) in [6.45, 7) is -0.0824. The highest BCUT2D eigenvalue weighted by Crippen LogP contribution is 2.32. The average molecular weight is 346 g/mol. The van der Waals surface area contributed by atoms with Crippen LogP contribution in [0.3, 0.4) is 0 Å². The van der Waals surface area contributed by atoms with Crippen molar-refractivity contribution in [1.82, 2.24) is 9.71 Å². The zero-order valence-corrected chi connectivity index (χ0v) is 12.8. The van der Waals surface area contributed by atoms with Crippen LogP contribution in [-0.4, -0.2) is 19.7 Å². The lowest BCUT2D eigenvalue weighted by molar-refractivity contribution is -0.137. The Balaban J connectivity index is 2.24. The van der Waals surface area contributed by atoms with Crippen LogP contribution < -0.4 is 9.46 Å². The minimum Gasteiger partial charge on any atom is -0.439 e. The summed E-state index contributed by atoms with van der Waals surface area (Å²) in [6, 6.07) is 7.49. The maximum Gasteiger partial charge on any atom is 0.416 e. The fraction of sp³-hybridized carbons (Fsp3) is 0.214. The molecule has 1 aromatic heterocycles. The Morgan fingerprint density at radius 3 is 2.61 bits per heavy atom. The van der Waals surface area contributed by atoms with Crippen LogP contribution in [-0.2, 0) is 22.7 Å². The Hall–Kier alpha value is -2.13. The van der Waals surface area contributed by atoms with Gasteiger partial charge in [0, 0.05) is 18.3 Å². The SMILES string of the molecule is CS(=O)(=O)NCc1cccnc1Oc1cccc(C(F)(F)F)c1. The third-order valence-corrected chi connectivity index (χ3v) is 3.42. The normalized spacial score (nSPS) is 12.2. The number of rotatable bonds is 5. The fourth-order valence-corrected chi connectivity index (χ4v) is 2.12. The molecule has 0 fully saturated rings. The van der Waals surface area contributed by atoms with Crippen molar-refractivity contribution in [3.8, 4) is 11.6 Å². The minimum atomic E-state index is -4.48. The fourth-order valence-electron chi connectivity index (χ4n) is 1.71. The average Bonchev–Trinajstić information content (AvgIpc) is 2.45. The summed E-state index contributed by atoms with van der Waals surface area (Å²) in [5, 5.41) is 0. The summed E-state index contributed by atoms with van der Waals surface area (Å²) in [6.07, 6.45) is -2.09. The second-order valence-corrected chi connectivity index (χ2v) is 6.52. The Labute approximate surface area is 131 Å². The van der Waals surface area contributed by atoms with Gasteiger partial charge >= 0.3 is 6.18 Å². The number of hydrogen-bond acceptors (Lipinski definition) is 4. The number of halogens is 3. The van der Waals surface area contributed by atoms with Gasteiger partial charge in [0.2, 0.25) is 15.9 Å². The van der Waals surface area contributed by atoms with E-state index in [9.17, 15) is 21.6 Å². The lowest BCUT2D eigenvalue weighted by atomic mass is 10.2. The smallest absolute Gasteiger partial charge is 0.416 e. The van der Waals surface area contributed by atoms with Crippen LogP contribution in [0.15, 0.2) is 42.6 Å². The van der Waals surface area contributed by atoms with Gasteiger partial charge in [0.25, 0.3) is 0 Å². The second-order valence-electron chi connectivity index (χ2n) is 4.69. The lowest BCUT2D eigenvalue weighted by Gasteiger charge is -2.12. The molecule has 0 saturated carbocycles. The zero-order valence-electron chi connectivity index (χ0n) is 12.0. The van der Waals surface area contributed by atoms with Crippen molar-refractivity contribution < 1.29 is 26.3 Å². The molecule has 0 aliphatic rings. The van der Waals surface area contributed by atoms with Crippen LogP contribution in [0.5, 0.6) is 11.6 Å². The third kappa shape index (κ3) is 5.22. The number of benzene rings is 1. The van der Waals surface area contributed by atoms with Crippen LogP contribution >= 0.6 is 0 Å². The first-order chi connectivity index (χ1) is 10.6. The van der Waals surface area contributed by atoms with E-state index in [0.29, 0.717) is 5.56 Å². The number of pyridine rings is 1. The quantitative estimate of drug-likeness (QED) is 0.904. The molecule has 0 aliphatic heterocycles. The standard InChI is InChI=1S/C14H13F3N2O3S/c1-23(20,21)19-9-10-4-3-7-18-13(10)22-12-6-2-5-11(8-12)14(15,16)17/h2-8,19H,9H2,1H3. The lowest BCUT2D eigenvalue weighted by Crippen LogP contribution is -2.21. The van der Waals surface area contributed by atoms with Gasteiger partial charge in [-0.05, 0) is 24.3 Å². The van der Waals surface area contributed by atoms with Crippen molar-refractivity contribution in [2.45, 2.75) is 12.7 Å². The molecule has 2 rings (SSSR count). The van der Waals surface area contributed by atoms with Crippen molar-refractivity contribution in [2.75, 3.05) is 6.26 Å². The van der Waals surface area contributed by atoms with Crippen molar-refractivity contribution in [3.63, 3.8) is 0 Å². The molecular formula is C14H13F3N2O3S. The summed E-state index contributed by atoms with van der Waals surface area (Å²) in [4.78, 5) is 3.93. The van der Waals surface area contributed by atoms with Crippen LogP contribution in [0.25, 0.3) is 0 Å². The van der Waals surface area contributed by atoms with E-state index in [2.05, 4.69) is 9.71 Å². The summed E-state index contributed by atoms with van der Waals surface area (Å²) in [5.41, 5.74) is -0.447. The number of hydrogen-bond donors (Lipinski definition) is 1. The van der Waals surface area contributed by atoms with Crippen molar-refractivity contribution in [2.24, 2.45) is 0 Å². The monoisotopic (exact) mass is 346 g/mol. The van der Waals surface area contributed by atoms with E-state index >= 15 is 0 Å². The first-order valence-electron chi connectivity index (χ1n) is 6.39. The molecule has 0 amide bonds. The Bertz CT molecular complexity index is 792. The second kappa shape index (κ2) is 6.55. The number of nitrogens with zero attached hydrogens (tertiary/aromatic N) is 1. The van der Waals surface area contributed by atoms with Crippen LogP contribution in [0, 0.1) is 0 Å². The molecule has 23 heavy (non-hydrogen) atoms. The number of ether oxygens (including phenoxy) is 1. The number of nitrogens with one attached hydrogen (secondary N) is 1. The third-order valence-electron chi connectivity index (χ3n) is 2.75. The van der Waals surface area contributed by atoms with Gasteiger partial charge in [-0.2, -0.15) is 13.2 Å². The van der Waals surface area contributed by atoms with Gasteiger partial charge in [-0.25, -0.2) is 18.1 Å². The van der Waals surface area contributed by atoms with E-state index in [1.165, 1.54) is 18.3 Å². The zero-order chi connectivity index (χ0) is 17.1. The van der Waals surface area contributed by atoms with Gasteiger partial charge in [0.15, 0.2) is 0 Å². The molecule has 0 atom stereocenters. The van der Waals surface area contributed by atoms with E-state index < -0.39 is 21.8 Å². The van der Waals surface area contributed by atoms with Crippen molar-refractivity contribution in [3.05, 3.63) is 53.7 Å². The molecule has 0 spiro atoms. The molecule has 1 N–H and O–H groups in total. The Morgan fingerprint density at radius 2 is 1.96 bits per heavy atom. The molecule has 0 unspecified atom stereocenters. The molecule has 124 valence electrons. The Morgan fingerprint density at radius 1 is 1.22 bits per heavy atom. The van der Waals surface area contributed by atoms with E-state index in [-0.39, 0.29) is 18.2 Å². The topological polar surface area (TPSA) is 68.3 Å². The first kappa shape index (κ1) is 17.2. The molecule has 1 aromatic carbocycles. The molecule has 0 saturated heterocycles. The van der Waals surface area contributed by atoms with Gasteiger partial charge in [0.1, 0.15) is 5.75 Å². The molecule has 0 bridgehead atoms. The van der Waals surface area contributed by atoms with E-state index in [1.807, 2.05) is 0 Å². The molecule has 5 nitrogen and oxygen atoms in total. The largest absolute Gasteiger partial charge is 0.439 e. The van der Waals surface area contributed by atoms with Gasteiger partial charge in [-0.1, -0.05) is 12.1 Å². The molecule has 1 heterocycles. The van der Waals surface area contributed by atoms with Crippen LogP contribution in [0.1, 0.15) is 11.1 Å². The van der Waals surface area contributed by atoms with E-state index in [1.54, 1.807) is 12.1 Å². The highest BCUT2D eigenvalue weighted by molar-refractivity contribution is 7.88. The summed E-state index contributed by atoms with van der Waals surface area (Å²) in [5.74, 6) is -0.0119. The summed E-state index contributed by atoms with van der Waals surface area (Å²) < 4.78 is 68.0. The van der Waals surface area contributed by atoms with Crippen LogP contribution in [0.4, 0.5) is 13.2 Å². The number of sulfonamides is 1. The van der Waals surface area contributed by atoms with Gasteiger partial charge in [0.05, 0.1) is 11.8 Å². The highest BCUT2D eigenvalue weighted by Gasteiger charge is 2.30. The number of aromatic nitrogens is 1. The molecule has 9 heteroatoms. The maximum atomic E-state index is 12.7. The summed E-state index contributed by atoms with van der Waals surface area (Å²) >= 11 is 0. The first-order valence-corrected chi connectivity index (χ1v) is 8.28. The predicted molar refractivity (Wildman–Crippen MR) is 77.4 cm³/mol. The predicted octanol–water partition coefficient (Wildman–Crippen LogP) is 2.94. The summed E-state index contributed by atoms with van der Waals surface area (Å²) in [7, 11) is -3.42. The highest BCUT2D eigenvalue weighted by atomic mass is 32.2. The van der Waals surface area contributed by atoms with E-state index in [0.717, 1.165) is 18.4 Å². The minimum absolute atomic E-state index is 0.0305. The van der Waals surface area contributed by atoms with Gasteiger partial charge in [-0.3, -0.25) is 0 Å². The Kier molecular flexibility index (Phi) is 4.90. The van der Waals surface area contributed by atoms with E-state index in [4.69, 9.17) is 4.74 Å². The molecule has 0 radical (unpaired) electrons. The molecule has 2 aromatic rings. The number of alkyl halides is 3. The van der Waals surface area contributed by atoms with Gasteiger partial charge < -0.3 is 4.74 Å². The molecular weight excluding hydrogens is 333 g/mol. The molecule has 0 aliphatic carbocycles. The van der Waals surface area contributed by atoms with Crippen LogP contribution in [0.2, 0.25) is 0 Å². The van der Waals surface area contributed by atoms with Crippen molar-refractivity contribution in [1.29, 1.82) is 0 Å². The van der Waals surface area contributed by atoms with Crippen molar-refractivity contribution >= 4 is 10.0 Å². The van der Waals surface area contributed by atoms with Gasteiger partial charge in [-0.15, -0.1) is 0 Å².